The summed E-state index contributed by atoms with van der Waals surface area (Å²) in [6.45, 7) is 0.602. The molecule has 3 unspecified atom stereocenters. The van der Waals surface area contributed by atoms with Crippen molar-refractivity contribution in [3.05, 3.63) is 52.5 Å². The zero-order valence-electron chi connectivity index (χ0n) is 18.1. The Bertz CT molecular complexity index is 1260. The van der Waals surface area contributed by atoms with Crippen molar-refractivity contribution in [3.63, 3.8) is 0 Å². The predicted molar refractivity (Wildman–Crippen MR) is 130 cm³/mol. The smallest absolute Gasteiger partial charge is 0.303 e. The van der Waals surface area contributed by atoms with E-state index in [0.717, 1.165) is 5.52 Å². The summed E-state index contributed by atoms with van der Waals surface area (Å²) in [7, 11) is 1.75. The van der Waals surface area contributed by atoms with E-state index in [1.54, 1.807) is 34.1 Å². The average molecular weight is 525 g/mol. The van der Waals surface area contributed by atoms with Crippen molar-refractivity contribution in [2.45, 2.75) is 18.9 Å². The molecule has 2 aromatic heterocycles. The Kier molecular flexibility index (Phi) is 7.36. The standard InChI is InChI=1S/C21H22Cl2N6O4S/c1-28-16-3-2-14(22)20(23)13(16)9-17(28)21(32)26-15-4-7-29(11-12(15)8-19(30)31)34(33)27-18-10-24-5-6-25-18/h2-3,5-6,9-10,12,15H,4,7-8,11H2,1H3,(H,25,27)(H,26,32)(H,30,31). The van der Waals surface area contributed by atoms with E-state index in [9.17, 15) is 18.9 Å². The second-order valence-electron chi connectivity index (χ2n) is 7.94. The molecule has 4 rings (SSSR count). The number of aryl methyl sites for hydroxylation is 1. The third-order valence-corrected chi connectivity index (χ3v) is 7.79. The van der Waals surface area contributed by atoms with Crippen LogP contribution < -0.4 is 10.0 Å². The molecule has 1 fully saturated rings. The molecule has 34 heavy (non-hydrogen) atoms. The molecule has 1 saturated heterocycles. The van der Waals surface area contributed by atoms with E-state index in [-0.39, 0.29) is 18.9 Å². The lowest BCUT2D eigenvalue weighted by Crippen LogP contribution is -2.52. The number of halogens is 2. The van der Waals surface area contributed by atoms with Crippen LogP contribution in [0.4, 0.5) is 5.82 Å². The number of rotatable bonds is 7. The molecule has 1 aliphatic heterocycles. The molecule has 1 aliphatic rings. The van der Waals surface area contributed by atoms with Gasteiger partial charge in [-0.1, -0.05) is 23.2 Å². The number of piperidine rings is 1. The Morgan fingerprint density at radius 1 is 1.29 bits per heavy atom. The van der Waals surface area contributed by atoms with Gasteiger partial charge in [0.2, 0.25) is 0 Å². The molecule has 1 aromatic carbocycles. The normalized spacial score (nSPS) is 19.6. The van der Waals surface area contributed by atoms with Gasteiger partial charge in [-0.15, -0.1) is 0 Å². The molecule has 0 radical (unpaired) electrons. The van der Waals surface area contributed by atoms with Gasteiger partial charge in [0.05, 0.1) is 22.7 Å². The quantitative estimate of drug-likeness (QED) is 0.435. The first-order valence-corrected chi connectivity index (χ1v) is 12.3. The zero-order chi connectivity index (χ0) is 24.4. The summed E-state index contributed by atoms with van der Waals surface area (Å²) in [6.07, 6.45) is 4.67. The number of aromatic nitrogens is 3. The second-order valence-corrected chi connectivity index (χ2v) is 9.94. The summed E-state index contributed by atoms with van der Waals surface area (Å²) in [5.41, 5.74) is 1.13. The second kappa shape index (κ2) is 10.3. The largest absolute Gasteiger partial charge is 0.481 e. The number of carboxylic acid groups (broad SMARTS) is 1. The lowest BCUT2D eigenvalue weighted by Gasteiger charge is -2.37. The van der Waals surface area contributed by atoms with E-state index >= 15 is 0 Å². The number of anilines is 1. The van der Waals surface area contributed by atoms with E-state index in [4.69, 9.17) is 23.2 Å². The van der Waals surface area contributed by atoms with Crippen LogP contribution in [0.5, 0.6) is 0 Å². The number of benzene rings is 1. The third kappa shape index (κ3) is 5.17. The molecule has 3 heterocycles. The van der Waals surface area contributed by atoms with Crippen molar-refractivity contribution >= 4 is 63.0 Å². The molecule has 180 valence electrons. The van der Waals surface area contributed by atoms with E-state index in [1.165, 1.54) is 18.6 Å². The molecule has 0 bridgehead atoms. The summed E-state index contributed by atoms with van der Waals surface area (Å²) >= 11 is 10.8. The van der Waals surface area contributed by atoms with Gasteiger partial charge in [0.1, 0.15) is 5.69 Å². The minimum absolute atomic E-state index is 0.180. The molecule has 0 spiro atoms. The first-order chi connectivity index (χ1) is 16.2. The fourth-order valence-corrected chi connectivity index (χ4v) is 5.48. The molecule has 3 N–H and O–H groups in total. The number of nitrogens with one attached hydrogen (secondary N) is 2. The Hall–Kier alpha value is -2.73. The van der Waals surface area contributed by atoms with Crippen LogP contribution in [0.15, 0.2) is 36.8 Å². The fourth-order valence-electron chi connectivity index (χ4n) is 4.09. The number of hydrogen-bond acceptors (Lipinski definition) is 5. The Morgan fingerprint density at radius 2 is 2.09 bits per heavy atom. The SMILES string of the molecule is Cn1c(C(=O)NC2CCN(S(=O)Nc3cnccn3)CC2CC(=O)O)cc2c(Cl)c(Cl)ccc21. The predicted octanol–water partition coefficient (Wildman–Crippen LogP) is 2.86. The van der Waals surface area contributed by atoms with Crippen LogP contribution in [0.25, 0.3) is 10.9 Å². The number of fused-ring (bicyclic) bond motifs is 1. The Balaban J connectivity index is 1.49. The van der Waals surface area contributed by atoms with Gasteiger partial charge >= 0.3 is 5.97 Å². The number of carbonyl (C=O) groups excluding carboxylic acids is 1. The van der Waals surface area contributed by atoms with Gasteiger partial charge in [-0.3, -0.25) is 19.3 Å². The van der Waals surface area contributed by atoms with Crippen molar-refractivity contribution < 1.29 is 18.9 Å². The van der Waals surface area contributed by atoms with Gasteiger partial charge in [-0.2, -0.15) is 0 Å². The maximum atomic E-state index is 13.1. The van der Waals surface area contributed by atoms with Crippen molar-refractivity contribution in [2.24, 2.45) is 13.0 Å². The molecule has 0 saturated carbocycles. The Morgan fingerprint density at radius 3 is 2.79 bits per heavy atom. The minimum atomic E-state index is -1.63. The van der Waals surface area contributed by atoms with Crippen molar-refractivity contribution in [1.82, 2.24) is 24.2 Å². The van der Waals surface area contributed by atoms with Gasteiger partial charge in [-0.05, 0) is 24.6 Å². The monoisotopic (exact) mass is 524 g/mol. The molecule has 10 nitrogen and oxygen atoms in total. The van der Waals surface area contributed by atoms with Gasteiger partial charge in [0.25, 0.3) is 5.91 Å². The van der Waals surface area contributed by atoms with Crippen LogP contribution >= 0.6 is 23.2 Å². The van der Waals surface area contributed by atoms with Crippen LogP contribution in [0, 0.1) is 5.92 Å². The number of hydrogen-bond donors (Lipinski definition) is 3. The van der Waals surface area contributed by atoms with E-state index in [0.29, 0.717) is 39.9 Å². The summed E-state index contributed by atoms with van der Waals surface area (Å²) in [4.78, 5) is 32.6. The molecule has 1 amide bonds. The topological polar surface area (TPSA) is 129 Å². The van der Waals surface area contributed by atoms with Crippen molar-refractivity contribution in [2.75, 3.05) is 17.8 Å². The highest BCUT2D eigenvalue weighted by atomic mass is 35.5. The summed E-state index contributed by atoms with van der Waals surface area (Å²) in [5.74, 6) is -1.44. The summed E-state index contributed by atoms with van der Waals surface area (Å²) in [5, 5.41) is 13.8. The minimum Gasteiger partial charge on any atom is -0.481 e. The van der Waals surface area contributed by atoms with Crippen LogP contribution in [0.1, 0.15) is 23.3 Å². The summed E-state index contributed by atoms with van der Waals surface area (Å²) in [6, 6.07) is 4.71. The van der Waals surface area contributed by atoms with Gasteiger partial charge < -0.3 is 15.0 Å². The lowest BCUT2D eigenvalue weighted by molar-refractivity contribution is -0.138. The van der Waals surface area contributed by atoms with E-state index in [2.05, 4.69) is 20.0 Å². The summed E-state index contributed by atoms with van der Waals surface area (Å²) < 4.78 is 18.9. The average Bonchev–Trinajstić information content (AvgIpc) is 3.15. The first kappa shape index (κ1) is 24.4. The third-order valence-electron chi connectivity index (χ3n) is 5.79. The molecule has 3 aromatic rings. The fraction of sp³-hybridized carbons (Fsp3) is 0.333. The maximum absolute atomic E-state index is 13.1. The molecule has 3 atom stereocenters. The molecular weight excluding hydrogens is 503 g/mol. The van der Waals surface area contributed by atoms with Crippen molar-refractivity contribution in [3.8, 4) is 0 Å². The van der Waals surface area contributed by atoms with Gasteiger partial charge in [0.15, 0.2) is 17.0 Å². The zero-order valence-corrected chi connectivity index (χ0v) is 20.4. The van der Waals surface area contributed by atoms with Crippen LogP contribution in [-0.4, -0.2) is 59.2 Å². The highest BCUT2D eigenvalue weighted by Gasteiger charge is 2.35. The van der Waals surface area contributed by atoms with Crippen molar-refractivity contribution in [1.29, 1.82) is 0 Å². The molecule has 0 aliphatic carbocycles. The van der Waals surface area contributed by atoms with Crippen LogP contribution in [0.3, 0.4) is 0 Å². The number of carboxylic acids is 1. The lowest BCUT2D eigenvalue weighted by atomic mass is 9.90. The van der Waals surface area contributed by atoms with Gasteiger partial charge in [0, 0.05) is 55.4 Å². The highest BCUT2D eigenvalue weighted by molar-refractivity contribution is 7.84. The van der Waals surface area contributed by atoms with Crippen LogP contribution in [0.2, 0.25) is 10.0 Å². The first-order valence-electron chi connectivity index (χ1n) is 10.4. The maximum Gasteiger partial charge on any atom is 0.303 e. The Labute approximate surface area is 208 Å². The molecule has 13 heteroatoms. The number of aliphatic carboxylic acids is 1. The van der Waals surface area contributed by atoms with Gasteiger partial charge in [-0.25, -0.2) is 13.5 Å². The molecular formula is C21H22Cl2N6O4S. The van der Waals surface area contributed by atoms with E-state index in [1.807, 2.05) is 0 Å². The highest BCUT2D eigenvalue weighted by Crippen LogP contribution is 2.32. The van der Waals surface area contributed by atoms with Crippen LogP contribution in [-0.2, 0) is 23.0 Å². The van der Waals surface area contributed by atoms with E-state index < -0.39 is 29.1 Å². The number of nitrogens with zero attached hydrogens (tertiary/aromatic N) is 4. The number of carbonyl (C=O) groups is 2. The number of amides is 1.